The Labute approximate surface area is 91.4 Å². The SMILES string of the molecule is C#CC(OC(C)=O)c1ccccc1Br. The van der Waals surface area contributed by atoms with Gasteiger partial charge in [-0.1, -0.05) is 40.0 Å². The van der Waals surface area contributed by atoms with Crippen LogP contribution in [0.2, 0.25) is 0 Å². The third-order valence-corrected chi connectivity index (χ3v) is 2.35. The van der Waals surface area contributed by atoms with Gasteiger partial charge in [0.05, 0.1) is 0 Å². The zero-order valence-corrected chi connectivity index (χ0v) is 9.24. The Morgan fingerprint density at radius 2 is 2.21 bits per heavy atom. The number of ether oxygens (including phenoxy) is 1. The van der Waals surface area contributed by atoms with Crippen molar-refractivity contribution in [1.29, 1.82) is 0 Å². The van der Waals surface area contributed by atoms with Crippen LogP contribution in [0.15, 0.2) is 28.7 Å². The van der Waals surface area contributed by atoms with Crippen LogP contribution in [0.5, 0.6) is 0 Å². The highest BCUT2D eigenvalue weighted by Gasteiger charge is 2.13. The zero-order valence-electron chi connectivity index (χ0n) is 7.66. The van der Waals surface area contributed by atoms with Crippen molar-refractivity contribution in [2.24, 2.45) is 0 Å². The highest BCUT2D eigenvalue weighted by Crippen LogP contribution is 2.25. The molecule has 1 aromatic rings. The smallest absolute Gasteiger partial charge is 0.304 e. The van der Waals surface area contributed by atoms with Crippen LogP contribution in [0, 0.1) is 12.3 Å². The van der Waals surface area contributed by atoms with E-state index in [1.807, 2.05) is 24.3 Å². The topological polar surface area (TPSA) is 26.3 Å². The molecule has 3 heteroatoms. The van der Waals surface area contributed by atoms with Crippen molar-refractivity contribution in [3.05, 3.63) is 34.3 Å². The molecular formula is C11H9BrO2. The highest BCUT2D eigenvalue weighted by atomic mass is 79.9. The van der Waals surface area contributed by atoms with E-state index in [0.29, 0.717) is 0 Å². The summed E-state index contributed by atoms with van der Waals surface area (Å²) >= 11 is 3.34. The summed E-state index contributed by atoms with van der Waals surface area (Å²) in [6, 6.07) is 7.38. The van der Waals surface area contributed by atoms with E-state index >= 15 is 0 Å². The summed E-state index contributed by atoms with van der Waals surface area (Å²) in [5.41, 5.74) is 0.783. The Kier molecular flexibility index (Phi) is 3.73. The molecule has 0 N–H and O–H groups in total. The Morgan fingerprint density at radius 3 is 2.71 bits per heavy atom. The lowest BCUT2D eigenvalue weighted by Crippen LogP contribution is -2.06. The normalized spacial score (nSPS) is 11.5. The van der Waals surface area contributed by atoms with E-state index in [-0.39, 0.29) is 5.97 Å². The summed E-state index contributed by atoms with van der Waals surface area (Å²) in [5, 5.41) is 0. The first-order valence-corrected chi connectivity index (χ1v) is 4.82. The fraction of sp³-hybridized carbons (Fsp3) is 0.182. The molecule has 1 atom stereocenters. The first-order valence-electron chi connectivity index (χ1n) is 4.03. The summed E-state index contributed by atoms with van der Waals surface area (Å²) < 4.78 is 5.80. The van der Waals surface area contributed by atoms with Crippen molar-refractivity contribution in [2.75, 3.05) is 0 Å². The van der Waals surface area contributed by atoms with Crippen molar-refractivity contribution in [3.63, 3.8) is 0 Å². The van der Waals surface area contributed by atoms with Gasteiger partial charge >= 0.3 is 5.97 Å². The van der Waals surface area contributed by atoms with Crippen molar-refractivity contribution in [3.8, 4) is 12.3 Å². The molecule has 0 aliphatic heterocycles. The minimum absolute atomic E-state index is 0.385. The standard InChI is InChI=1S/C11H9BrO2/c1-3-11(14-8(2)13)9-6-4-5-7-10(9)12/h1,4-7,11H,2H3. The summed E-state index contributed by atoms with van der Waals surface area (Å²) in [4.78, 5) is 10.8. The number of benzene rings is 1. The van der Waals surface area contributed by atoms with Crippen molar-refractivity contribution in [2.45, 2.75) is 13.0 Å². The zero-order chi connectivity index (χ0) is 10.6. The van der Waals surface area contributed by atoms with Crippen LogP contribution >= 0.6 is 15.9 Å². The Morgan fingerprint density at radius 1 is 1.57 bits per heavy atom. The van der Waals surface area contributed by atoms with Crippen LogP contribution in [-0.4, -0.2) is 5.97 Å². The van der Waals surface area contributed by atoms with Crippen molar-refractivity contribution < 1.29 is 9.53 Å². The van der Waals surface area contributed by atoms with E-state index in [2.05, 4.69) is 21.9 Å². The molecule has 14 heavy (non-hydrogen) atoms. The quantitative estimate of drug-likeness (QED) is 0.598. The van der Waals surface area contributed by atoms with Gasteiger partial charge in [-0.15, -0.1) is 6.42 Å². The van der Waals surface area contributed by atoms with Gasteiger partial charge in [0.1, 0.15) is 0 Å². The molecule has 0 aromatic heterocycles. The molecule has 0 saturated carbocycles. The molecule has 0 amide bonds. The molecule has 0 radical (unpaired) electrons. The molecule has 1 aromatic carbocycles. The summed E-state index contributed by atoms with van der Waals surface area (Å²) in [6.07, 6.45) is 4.65. The summed E-state index contributed by atoms with van der Waals surface area (Å²) in [6.45, 7) is 1.33. The molecule has 0 bridgehead atoms. The minimum Gasteiger partial charge on any atom is -0.444 e. The number of carbonyl (C=O) groups is 1. The molecule has 2 nitrogen and oxygen atoms in total. The van der Waals surface area contributed by atoms with Crippen molar-refractivity contribution in [1.82, 2.24) is 0 Å². The maximum Gasteiger partial charge on any atom is 0.304 e. The third-order valence-electron chi connectivity index (χ3n) is 1.62. The largest absolute Gasteiger partial charge is 0.444 e. The van der Waals surface area contributed by atoms with Gasteiger partial charge in [0.15, 0.2) is 6.10 Å². The van der Waals surface area contributed by atoms with Gasteiger partial charge in [0, 0.05) is 17.0 Å². The van der Waals surface area contributed by atoms with Crippen molar-refractivity contribution >= 4 is 21.9 Å². The lowest BCUT2D eigenvalue weighted by molar-refractivity contribution is -0.144. The van der Waals surface area contributed by atoms with E-state index in [9.17, 15) is 4.79 Å². The highest BCUT2D eigenvalue weighted by molar-refractivity contribution is 9.10. The summed E-state index contributed by atoms with van der Waals surface area (Å²) in [7, 11) is 0. The van der Waals surface area contributed by atoms with Gasteiger partial charge in [-0.05, 0) is 6.07 Å². The maximum absolute atomic E-state index is 10.8. The second-order valence-electron chi connectivity index (χ2n) is 2.68. The average Bonchev–Trinajstić information content (AvgIpc) is 2.15. The maximum atomic E-state index is 10.8. The van der Waals surface area contributed by atoms with Gasteiger partial charge in [-0.2, -0.15) is 0 Å². The van der Waals surface area contributed by atoms with Crippen LogP contribution in [-0.2, 0) is 9.53 Å². The molecule has 0 aliphatic rings. The van der Waals surface area contributed by atoms with Crippen LogP contribution in [0.25, 0.3) is 0 Å². The molecule has 0 saturated heterocycles. The predicted molar refractivity (Wildman–Crippen MR) is 57.5 cm³/mol. The molecule has 72 valence electrons. The van der Waals surface area contributed by atoms with Crippen LogP contribution in [0.4, 0.5) is 0 Å². The molecule has 1 rings (SSSR count). The first-order chi connectivity index (χ1) is 6.65. The predicted octanol–water partition coefficient (Wildman–Crippen LogP) is 2.69. The van der Waals surface area contributed by atoms with E-state index in [1.165, 1.54) is 6.92 Å². The summed E-state index contributed by atoms with van der Waals surface area (Å²) in [5.74, 6) is 2.03. The van der Waals surface area contributed by atoms with Gasteiger partial charge in [-0.3, -0.25) is 4.79 Å². The van der Waals surface area contributed by atoms with E-state index in [1.54, 1.807) is 0 Å². The molecule has 0 fully saturated rings. The van der Waals surface area contributed by atoms with E-state index < -0.39 is 6.10 Å². The van der Waals surface area contributed by atoms with Crippen LogP contribution in [0.3, 0.4) is 0 Å². The van der Waals surface area contributed by atoms with Crippen LogP contribution in [0.1, 0.15) is 18.6 Å². The number of terminal acetylenes is 1. The number of hydrogen-bond donors (Lipinski definition) is 0. The molecule has 1 unspecified atom stereocenters. The number of carbonyl (C=O) groups excluding carboxylic acids is 1. The van der Waals surface area contributed by atoms with E-state index in [4.69, 9.17) is 11.2 Å². The molecule has 0 aliphatic carbocycles. The van der Waals surface area contributed by atoms with Gasteiger partial charge in [-0.25, -0.2) is 0 Å². The van der Waals surface area contributed by atoms with Crippen LogP contribution < -0.4 is 0 Å². The fourth-order valence-electron chi connectivity index (χ4n) is 1.04. The number of esters is 1. The molecule has 0 heterocycles. The third kappa shape index (κ3) is 2.61. The lowest BCUT2D eigenvalue weighted by Gasteiger charge is -2.12. The Hall–Kier alpha value is -1.27. The number of halogens is 1. The lowest BCUT2D eigenvalue weighted by atomic mass is 10.1. The Balaban J connectivity index is 2.96. The van der Waals surface area contributed by atoms with Gasteiger partial charge < -0.3 is 4.74 Å². The fourth-order valence-corrected chi connectivity index (χ4v) is 1.53. The van der Waals surface area contributed by atoms with Gasteiger partial charge in [0.2, 0.25) is 0 Å². The Bertz CT molecular complexity index is 379. The first kappa shape index (κ1) is 10.8. The minimum atomic E-state index is -0.622. The van der Waals surface area contributed by atoms with E-state index in [0.717, 1.165) is 10.0 Å². The second kappa shape index (κ2) is 4.83. The van der Waals surface area contributed by atoms with Gasteiger partial charge in [0.25, 0.3) is 0 Å². The number of hydrogen-bond acceptors (Lipinski definition) is 2. The number of rotatable bonds is 2. The average molecular weight is 253 g/mol. The molecular weight excluding hydrogens is 244 g/mol. The monoisotopic (exact) mass is 252 g/mol. The second-order valence-corrected chi connectivity index (χ2v) is 3.53. The molecule has 0 spiro atoms.